The first kappa shape index (κ1) is 16.7. The lowest BCUT2D eigenvalue weighted by atomic mass is 10.0. The Labute approximate surface area is 148 Å². The van der Waals surface area contributed by atoms with Crippen LogP contribution in [0.5, 0.6) is 0 Å². The molecule has 1 atom stereocenters. The molecular weight excluding hydrogens is 318 g/mol. The molecule has 2 fully saturated rings. The third-order valence-corrected chi connectivity index (χ3v) is 5.06. The maximum Gasteiger partial charge on any atom is 0.252 e. The van der Waals surface area contributed by atoms with E-state index in [1.54, 1.807) is 0 Å². The van der Waals surface area contributed by atoms with Crippen molar-refractivity contribution in [3.05, 3.63) is 36.2 Å². The van der Waals surface area contributed by atoms with Crippen molar-refractivity contribution in [3.8, 4) is 11.4 Å². The van der Waals surface area contributed by atoms with Crippen molar-refractivity contribution in [1.82, 2.24) is 15.0 Å². The van der Waals surface area contributed by atoms with E-state index in [-0.39, 0.29) is 6.10 Å². The van der Waals surface area contributed by atoms with Crippen LogP contribution in [0.4, 0.5) is 0 Å². The molecule has 134 valence electrons. The van der Waals surface area contributed by atoms with Gasteiger partial charge in [-0.25, -0.2) is 0 Å². The summed E-state index contributed by atoms with van der Waals surface area (Å²) in [6.45, 7) is 4.31. The van der Waals surface area contributed by atoms with Gasteiger partial charge in [0.05, 0.1) is 6.10 Å². The second kappa shape index (κ2) is 8.08. The van der Waals surface area contributed by atoms with Gasteiger partial charge < -0.3 is 14.0 Å². The van der Waals surface area contributed by atoms with E-state index in [9.17, 15) is 0 Å². The molecule has 2 saturated heterocycles. The minimum atomic E-state index is 0.240. The Morgan fingerprint density at radius 2 is 1.96 bits per heavy atom. The van der Waals surface area contributed by atoms with Crippen LogP contribution in [0.15, 0.2) is 34.9 Å². The van der Waals surface area contributed by atoms with E-state index in [1.165, 1.54) is 13.0 Å². The van der Waals surface area contributed by atoms with E-state index in [2.05, 4.69) is 15.0 Å². The molecule has 0 radical (unpaired) electrons. The fourth-order valence-electron chi connectivity index (χ4n) is 3.69. The highest BCUT2D eigenvalue weighted by molar-refractivity contribution is 5.53. The highest BCUT2D eigenvalue weighted by Crippen LogP contribution is 2.22. The number of likely N-dealkylation sites (tertiary alicyclic amines) is 1. The molecule has 2 aliphatic rings. The number of nitrogens with zero attached hydrogens (tertiary/aromatic N) is 3. The summed E-state index contributed by atoms with van der Waals surface area (Å²) in [5, 5.41) is 4.05. The maximum absolute atomic E-state index is 6.07. The molecule has 1 aromatic heterocycles. The molecule has 0 bridgehead atoms. The van der Waals surface area contributed by atoms with Gasteiger partial charge in [-0.05, 0) is 32.2 Å². The average molecular weight is 343 g/mol. The summed E-state index contributed by atoms with van der Waals surface area (Å²) in [6, 6.07) is 10.5. The van der Waals surface area contributed by atoms with Crippen molar-refractivity contribution >= 4 is 0 Å². The third kappa shape index (κ3) is 4.26. The van der Waals surface area contributed by atoms with Gasteiger partial charge >= 0.3 is 0 Å². The van der Waals surface area contributed by atoms with Crippen molar-refractivity contribution in [2.45, 2.75) is 44.4 Å². The summed E-state index contributed by atoms with van der Waals surface area (Å²) in [5.41, 5.74) is 0.959. The highest BCUT2D eigenvalue weighted by Gasteiger charge is 2.27. The summed E-state index contributed by atoms with van der Waals surface area (Å²) >= 11 is 0. The molecule has 2 aliphatic heterocycles. The lowest BCUT2D eigenvalue weighted by Gasteiger charge is -2.39. The third-order valence-electron chi connectivity index (χ3n) is 5.06. The SMILES string of the molecule is c1ccc(-c2noc(COC3CCCN(C4CCOCC4)C3)n2)cc1. The topological polar surface area (TPSA) is 60.6 Å². The van der Waals surface area contributed by atoms with Crippen LogP contribution in [-0.4, -0.2) is 53.5 Å². The molecule has 0 saturated carbocycles. The van der Waals surface area contributed by atoms with E-state index in [0.717, 1.165) is 44.6 Å². The smallest absolute Gasteiger partial charge is 0.252 e. The summed E-state index contributed by atoms with van der Waals surface area (Å²) in [4.78, 5) is 7.01. The molecule has 4 rings (SSSR count). The van der Waals surface area contributed by atoms with Crippen LogP contribution in [-0.2, 0) is 16.1 Å². The van der Waals surface area contributed by atoms with Crippen LogP contribution >= 0.6 is 0 Å². The Hall–Kier alpha value is -1.76. The molecule has 0 aliphatic carbocycles. The molecule has 6 nitrogen and oxygen atoms in total. The molecule has 0 spiro atoms. The van der Waals surface area contributed by atoms with Gasteiger partial charge in [-0.15, -0.1) is 0 Å². The van der Waals surface area contributed by atoms with Crippen molar-refractivity contribution in [2.75, 3.05) is 26.3 Å². The van der Waals surface area contributed by atoms with Crippen molar-refractivity contribution < 1.29 is 14.0 Å². The number of aromatic nitrogens is 2. The van der Waals surface area contributed by atoms with E-state index in [4.69, 9.17) is 14.0 Å². The Kier molecular flexibility index (Phi) is 5.40. The van der Waals surface area contributed by atoms with Gasteiger partial charge in [0.2, 0.25) is 5.82 Å². The lowest BCUT2D eigenvalue weighted by Crippen LogP contribution is -2.47. The zero-order valence-electron chi connectivity index (χ0n) is 14.5. The normalized spacial score (nSPS) is 23.0. The van der Waals surface area contributed by atoms with Gasteiger partial charge in [-0.1, -0.05) is 35.5 Å². The molecule has 3 heterocycles. The minimum absolute atomic E-state index is 0.240. The monoisotopic (exact) mass is 343 g/mol. The largest absolute Gasteiger partial charge is 0.381 e. The minimum Gasteiger partial charge on any atom is -0.381 e. The molecule has 2 aromatic rings. The van der Waals surface area contributed by atoms with Gasteiger partial charge in [0.1, 0.15) is 6.61 Å². The van der Waals surface area contributed by atoms with Crippen LogP contribution in [0, 0.1) is 0 Å². The Bertz CT molecular complexity index is 655. The van der Waals surface area contributed by atoms with E-state index < -0.39 is 0 Å². The number of benzene rings is 1. The fourth-order valence-corrected chi connectivity index (χ4v) is 3.69. The number of rotatable bonds is 5. The number of piperidine rings is 1. The molecule has 1 unspecified atom stereocenters. The zero-order chi connectivity index (χ0) is 16.9. The Morgan fingerprint density at radius 1 is 1.12 bits per heavy atom. The Balaban J connectivity index is 1.30. The second-order valence-electron chi connectivity index (χ2n) is 6.79. The summed E-state index contributed by atoms with van der Waals surface area (Å²) < 4.78 is 16.9. The van der Waals surface area contributed by atoms with Crippen molar-refractivity contribution in [2.24, 2.45) is 0 Å². The van der Waals surface area contributed by atoms with Gasteiger partial charge in [-0.2, -0.15) is 4.98 Å². The van der Waals surface area contributed by atoms with E-state index in [0.29, 0.717) is 24.4 Å². The van der Waals surface area contributed by atoms with Crippen molar-refractivity contribution in [1.29, 1.82) is 0 Å². The summed E-state index contributed by atoms with van der Waals surface area (Å²) in [6.07, 6.45) is 4.79. The first-order chi connectivity index (χ1) is 12.4. The predicted octanol–water partition coefficient (Wildman–Crippen LogP) is 2.90. The van der Waals surface area contributed by atoms with Gasteiger partial charge in [0, 0.05) is 31.4 Å². The van der Waals surface area contributed by atoms with Crippen LogP contribution < -0.4 is 0 Å². The van der Waals surface area contributed by atoms with Gasteiger partial charge in [0.15, 0.2) is 0 Å². The molecular formula is C19H25N3O3. The Morgan fingerprint density at radius 3 is 2.80 bits per heavy atom. The molecule has 1 aromatic carbocycles. The van der Waals surface area contributed by atoms with E-state index in [1.807, 2.05) is 30.3 Å². The number of ether oxygens (including phenoxy) is 2. The summed E-state index contributed by atoms with van der Waals surface area (Å²) in [5.74, 6) is 1.16. The van der Waals surface area contributed by atoms with E-state index >= 15 is 0 Å². The quantitative estimate of drug-likeness (QED) is 0.832. The highest BCUT2D eigenvalue weighted by atomic mass is 16.5. The number of hydrogen-bond donors (Lipinski definition) is 0. The first-order valence-electron chi connectivity index (χ1n) is 9.20. The molecule has 0 N–H and O–H groups in total. The standard InChI is InChI=1S/C19H25N3O3/c1-2-5-15(6-3-1)19-20-18(25-21-19)14-24-17-7-4-10-22(13-17)16-8-11-23-12-9-16/h1-3,5-6,16-17H,4,7-14H2. The van der Waals surface area contributed by atoms with Crippen LogP contribution in [0.2, 0.25) is 0 Å². The van der Waals surface area contributed by atoms with Crippen LogP contribution in [0.3, 0.4) is 0 Å². The zero-order valence-corrected chi connectivity index (χ0v) is 14.5. The second-order valence-corrected chi connectivity index (χ2v) is 6.79. The van der Waals surface area contributed by atoms with Gasteiger partial charge in [-0.3, -0.25) is 4.90 Å². The summed E-state index contributed by atoms with van der Waals surface area (Å²) in [7, 11) is 0. The lowest BCUT2D eigenvalue weighted by molar-refractivity contribution is -0.0455. The van der Waals surface area contributed by atoms with Crippen LogP contribution in [0.1, 0.15) is 31.6 Å². The number of hydrogen-bond acceptors (Lipinski definition) is 6. The molecule has 6 heteroatoms. The molecule has 0 amide bonds. The fraction of sp³-hybridized carbons (Fsp3) is 0.579. The first-order valence-corrected chi connectivity index (χ1v) is 9.20. The maximum atomic E-state index is 6.07. The average Bonchev–Trinajstić information content (AvgIpc) is 3.17. The van der Waals surface area contributed by atoms with Crippen LogP contribution in [0.25, 0.3) is 11.4 Å². The van der Waals surface area contributed by atoms with Gasteiger partial charge in [0.25, 0.3) is 5.89 Å². The molecule has 25 heavy (non-hydrogen) atoms. The van der Waals surface area contributed by atoms with Crippen molar-refractivity contribution in [3.63, 3.8) is 0 Å². The predicted molar refractivity (Wildman–Crippen MR) is 93.0 cm³/mol.